The SMILES string of the molecule is CCOc1cc2nc(-c3nn(C4CCCCO4)cc3NC(=O)C3CCOCC3)[nH]c2cc1F. The van der Waals surface area contributed by atoms with Crippen molar-refractivity contribution in [2.75, 3.05) is 31.7 Å². The quantitative estimate of drug-likeness (QED) is 0.579. The van der Waals surface area contributed by atoms with Crippen molar-refractivity contribution in [2.24, 2.45) is 5.92 Å². The van der Waals surface area contributed by atoms with Gasteiger partial charge in [0.1, 0.15) is 6.23 Å². The Morgan fingerprint density at radius 1 is 1.27 bits per heavy atom. The number of imidazole rings is 1. The molecule has 2 saturated heterocycles. The molecular weight excluding hydrogens is 429 g/mol. The lowest BCUT2D eigenvalue weighted by atomic mass is 9.99. The maximum atomic E-state index is 14.3. The molecule has 2 aliphatic rings. The summed E-state index contributed by atoms with van der Waals surface area (Å²) >= 11 is 0. The number of nitrogens with zero attached hydrogens (tertiary/aromatic N) is 3. The predicted octanol–water partition coefficient (Wildman–Crippen LogP) is 4.03. The number of hydrogen-bond acceptors (Lipinski definition) is 6. The van der Waals surface area contributed by atoms with Gasteiger partial charge >= 0.3 is 0 Å². The summed E-state index contributed by atoms with van der Waals surface area (Å²) < 4.78 is 32.7. The third kappa shape index (κ3) is 4.58. The van der Waals surface area contributed by atoms with Gasteiger partial charge in [0.25, 0.3) is 0 Å². The van der Waals surface area contributed by atoms with Gasteiger partial charge in [-0.3, -0.25) is 4.79 Å². The number of carbonyl (C=O) groups is 1. The first-order valence-corrected chi connectivity index (χ1v) is 11.5. The minimum absolute atomic E-state index is 0.0653. The van der Waals surface area contributed by atoms with Crippen LogP contribution in [-0.2, 0) is 14.3 Å². The largest absolute Gasteiger partial charge is 0.491 e. The number of halogens is 1. The van der Waals surface area contributed by atoms with Crippen molar-refractivity contribution >= 4 is 22.6 Å². The maximum absolute atomic E-state index is 14.3. The molecule has 0 spiro atoms. The van der Waals surface area contributed by atoms with E-state index in [4.69, 9.17) is 19.3 Å². The van der Waals surface area contributed by atoms with Crippen LogP contribution in [0.25, 0.3) is 22.6 Å². The topological polar surface area (TPSA) is 103 Å². The van der Waals surface area contributed by atoms with Crippen molar-refractivity contribution in [1.82, 2.24) is 19.7 Å². The molecule has 1 amide bonds. The van der Waals surface area contributed by atoms with Gasteiger partial charge in [0.05, 0.1) is 29.5 Å². The highest BCUT2D eigenvalue weighted by Crippen LogP contribution is 2.32. The van der Waals surface area contributed by atoms with E-state index in [0.717, 1.165) is 19.3 Å². The van der Waals surface area contributed by atoms with E-state index in [1.807, 2.05) is 0 Å². The molecule has 0 aliphatic carbocycles. The average molecular weight is 458 g/mol. The molecule has 2 aliphatic heterocycles. The van der Waals surface area contributed by atoms with Gasteiger partial charge in [-0.1, -0.05) is 0 Å². The molecule has 2 N–H and O–H groups in total. The van der Waals surface area contributed by atoms with Crippen molar-refractivity contribution in [2.45, 2.75) is 45.3 Å². The number of nitrogens with one attached hydrogen (secondary N) is 2. The molecule has 1 unspecified atom stereocenters. The average Bonchev–Trinajstić information content (AvgIpc) is 3.44. The van der Waals surface area contributed by atoms with E-state index >= 15 is 0 Å². The third-order valence-corrected chi connectivity index (χ3v) is 6.09. The van der Waals surface area contributed by atoms with Crippen LogP contribution in [0.4, 0.5) is 10.1 Å². The zero-order valence-corrected chi connectivity index (χ0v) is 18.6. The molecule has 33 heavy (non-hydrogen) atoms. The van der Waals surface area contributed by atoms with E-state index in [1.54, 1.807) is 23.9 Å². The predicted molar refractivity (Wildman–Crippen MR) is 119 cm³/mol. The van der Waals surface area contributed by atoms with E-state index in [1.165, 1.54) is 6.07 Å². The first kappa shape index (κ1) is 21.8. The van der Waals surface area contributed by atoms with Crippen LogP contribution in [0.2, 0.25) is 0 Å². The van der Waals surface area contributed by atoms with E-state index in [0.29, 0.717) is 67.5 Å². The number of hydrogen-bond donors (Lipinski definition) is 2. The Morgan fingerprint density at radius 3 is 2.88 bits per heavy atom. The first-order chi connectivity index (χ1) is 16.1. The second-order valence-electron chi connectivity index (χ2n) is 8.39. The highest BCUT2D eigenvalue weighted by Gasteiger charge is 2.26. The Kier molecular flexibility index (Phi) is 6.28. The van der Waals surface area contributed by atoms with Crippen LogP contribution in [0.3, 0.4) is 0 Å². The minimum Gasteiger partial charge on any atom is -0.491 e. The second kappa shape index (κ2) is 9.48. The lowest BCUT2D eigenvalue weighted by Gasteiger charge is -2.22. The number of fused-ring (bicyclic) bond motifs is 1. The van der Waals surface area contributed by atoms with Crippen LogP contribution in [0, 0.1) is 11.7 Å². The van der Waals surface area contributed by atoms with Gasteiger partial charge in [0.2, 0.25) is 5.91 Å². The molecule has 2 fully saturated rings. The molecule has 5 rings (SSSR count). The fourth-order valence-electron chi connectivity index (χ4n) is 4.32. The van der Waals surface area contributed by atoms with Crippen molar-refractivity contribution in [3.05, 3.63) is 24.1 Å². The summed E-state index contributed by atoms with van der Waals surface area (Å²) in [7, 11) is 0. The number of anilines is 1. The molecule has 2 aromatic heterocycles. The van der Waals surface area contributed by atoms with Gasteiger partial charge < -0.3 is 24.5 Å². The lowest BCUT2D eigenvalue weighted by molar-refractivity contribution is -0.122. The van der Waals surface area contributed by atoms with Crippen LogP contribution < -0.4 is 10.1 Å². The Hall–Kier alpha value is -2.98. The summed E-state index contributed by atoms with van der Waals surface area (Å²) in [4.78, 5) is 20.7. The smallest absolute Gasteiger partial charge is 0.227 e. The summed E-state index contributed by atoms with van der Waals surface area (Å²) in [6, 6.07) is 2.92. The Balaban J connectivity index is 1.50. The van der Waals surface area contributed by atoms with Gasteiger partial charge in [0.15, 0.2) is 23.1 Å². The molecule has 10 heteroatoms. The molecule has 0 radical (unpaired) electrons. The standard InChI is InChI=1S/C23H28FN5O4/c1-2-32-19-12-17-16(11-15(19)24)25-22(26-17)21-18(27-23(30)14-6-9-31-10-7-14)13-29(28-21)20-5-3-4-8-33-20/h11-14,20H,2-10H2,1H3,(H,25,26)(H,27,30). The highest BCUT2D eigenvalue weighted by atomic mass is 19.1. The van der Waals surface area contributed by atoms with Crippen LogP contribution >= 0.6 is 0 Å². The fraction of sp³-hybridized carbons (Fsp3) is 0.522. The van der Waals surface area contributed by atoms with Gasteiger partial charge in [-0.2, -0.15) is 5.10 Å². The third-order valence-electron chi connectivity index (χ3n) is 6.09. The summed E-state index contributed by atoms with van der Waals surface area (Å²) in [5.74, 6) is -0.0512. The number of ether oxygens (including phenoxy) is 3. The second-order valence-corrected chi connectivity index (χ2v) is 8.39. The molecule has 176 valence electrons. The van der Waals surface area contributed by atoms with Gasteiger partial charge in [-0.15, -0.1) is 0 Å². The van der Waals surface area contributed by atoms with Crippen LogP contribution in [-0.4, -0.2) is 52.1 Å². The van der Waals surface area contributed by atoms with Gasteiger partial charge in [0, 0.05) is 37.9 Å². The van der Waals surface area contributed by atoms with Crippen molar-refractivity contribution in [3.8, 4) is 17.3 Å². The van der Waals surface area contributed by atoms with E-state index in [9.17, 15) is 9.18 Å². The molecule has 0 bridgehead atoms. The Labute approximate surface area is 190 Å². The maximum Gasteiger partial charge on any atom is 0.227 e. The summed E-state index contributed by atoms with van der Waals surface area (Å²) in [6.07, 6.45) is 5.89. The lowest BCUT2D eigenvalue weighted by Crippen LogP contribution is -2.28. The number of benzene rings is 1. The number of carbonyl (C=O) groups excluding carboxylic acids is 1. The molecular formula is C23H28FN5O4. The number of H-pyrrole nitrogens is 1. The molecule has 0 saturated carbocycles. The monoisotopic (exact) mass is 457 g/mol. The zero-order valence-electron chi connectivity index (χ0n) is 18.6. The minimum atomic E-state index is -0.464. The first-order valence-electron chi connectivity index (χ1n) is 11.5. The number of rotatable bonds is 6. The van der Waals surface area contributed by atoms with Crippen LogP contribution in [0.1, 0.15) is 45.3 Å². The summed E-state index contributed by atoms with van der Waals surface area (Å²) in [5.41, 5.74) is 2.11. The van der Waals surface area contributed by atoms with Crippen molar-refractivity contribution < 1.29 is 23.4 Å². The number of aromatic amines is 1. The van der Waals surface area contributed by atoms with E-state index in [2.05, 4.69) is 15.3 Å². The Morgan fingerprint density at radius 2 is 2.12 bits per heavy atom. The van der Waals surface area contributed by atoms with E-state index in [-0.39, 0.29) is 23.8 Å². The van der Waals surface area contributed by atoms with Crippen molar-refractivity contribution in [3.63, 3.8) is 0 Å². The van der Waals surface area contributed by atoms with Gasteiger partial charge in [-0.25, -0.2) is 14.1 Å². The molecule has 9 nitrogen and oxygen atoms in total. The van der Waals surface area contributed by atoms with Crippen molar-refractivity contribution in [1.29, 1.82) is 0 Å². The normalized spacial score (nSPS) is 19.6. The van der Waals surface area contributed by atoms with Crippen LogP contribution in [0.5, 0.6) is 5.75 Å². The Bertz CT molecular complexity index is 1130. The molecule has 1 atom stereocenters. The number of aromatic nitrogens is 4. The number of amides is 1. The fourth-order valence-corrected chi connectivity index (χ4v) is 4.32. The molecule has 3 aromatic rings. The van der Waals surface area contributed by atoms with Gasteiger partial charge in [-0.05, 0) is 39.0 Å². The highest BCUT2D eigenvalue weighted by molar-refractivity contribution is 5.96. The summed E-state index contributed by atoms with van der Waals surface area (Å²) in [6.45, 7) is 3.99. The van der Waals surface area contributed by atoms with E-state index < -0.39 is 5.82 Å². The molecule has 4 heterocycles. The molecule has 1 aromatic carbocycles. The zero-order chi connectivity index (χ0) is 22.8. The van der Waals surface area contributed by atoms with Crippen LogP contribution in [0.15, 0.2) is 18.3 Å². The summed E-state index contributed by atoms with van der Waals surface area (Å²) in [5, 5.41) is 7.75.